The van der Waals surface area contributed by atoms with Crippen LogP contribution < -0.4 is 4.90 Å². The first-order chi connectivity index (χ1) is 23.6. The summed E-state index contributed by atoms with van der Waals surface area (Å²) in [5.41, 5.74) is 0.738. The highest BCUT2D eigenvalue weighted by Crippen LogP contribution is 2.41. The highest BCUT2D eigenvalue weighted by Gasteiger charge is 2.47. The summed E-state index contributed by atoms with van der Waals surface area (Å²) in [5, 5.41) is 11.9. The molecule has 5 rings (SSSR count). The molecule has 2 aromatic carbocycles. The van der Waals surface area contributed by atoms with Crippen molar-refractivity contribution in [1.29, 1.82) is 0 Å². The summed E-state index contributed by atoms with van der Waals surface area (Å²) in [6.45, 7) is 21.9. The van der Waals surface area contributed by atoms with Gasteiger partial charge in [-0.1, -0.05) is 64.0 Å². The fourth-order valence-corrected chi connectivity index (χ4v) is 7.37. The number of amides is 1. The molecule has 2 aliphatic heterocycles. The normalized spacial score (nSPS) is 18.2. The van der Waals surface area contributed by atoms with Gasteiger partial charge in [0.1, 0.15) is 30.1 Å². The molecule has 1 fully saturated rings. The predicted octanol–water partition coefficient (Wildman–Crippen LogP) is 8.63. The number of cyclic esters (lactones) is 1. The Morgan fingerprint density at radius 2 is 1.51 bits per heavy atom. The fraction of sp³-hybridized carbons (Fsp3) is 0.556. The van der Waals surface area contributed by atoms with Crippen molar-refractivity contribution in [2.24, 2.45) is 5.16 Å². The SMILES string of the molecule is CC(C)(C)[Si](C)(C)OCC1(CO[Si](C)(C)C(C)(C)C)CC(c2ccc(-c3ccc(N4C[C@H](Cn5cc(CF)nn5)OC4=O)cc3F)c(F)c2)=NO1. The number of anilines is 1. The number of halogens is 3. The van der Waals surface area contributed by atoms with Crippen molar-refractivity contribution < 1.29 is 36.4 Å². The molecule has 0 spiro atoms. The predicted molar refractivity (Wildman–Crippen MR) is 196 cm³/mol. The van der Waals surface area contributed by atoms with E-state index in [4.69, 9.17) is 18.4 Å². The second kappa shape index (κ2) is 14.1. The Morgan fingerprint density at radius 1 is 0.922 bits per heavy atom. The maximum absolute atomic E-state index is 15.8. The molecule has 10 nitrogen and oxygen atoms in total. The van der Waals surface area contributed by atoms with Crippen LogP contribution in [0.15, 0.2) is 47.8 Å². The van der Waals surface area contributed by atoms with Crippen LogP contribution in [0.5, 0.6) is 0 Å². The molecule has 278 valence electrons. The zero-order chi connectivity index (χ0) is 37.6. The van der Waals surface area contributed by atoms with Crippen LogP contribution in [-0.2, 0) is 31.6 Å². The van der Waals surface area contributed by atoms with Gasteiger partial charge in [-0.25, -0.2) is 22.6 Å². The molecule has 0 N–H and O–H groups in total. The molecule has 3 aromatic rings. The van der Waals surface area contributed by atoms with E-state index in [1.54, 1.807) is 12.1 Å². The van der Waals surface area contributed by atoms with Gasteiger partial charge in [0.05, 0.1) is 43.9 Å². The van der Waals surface area contributed by atoms with Crippen LogP contribution in [0.4, 0.5) is 23.7 Å². The van der Waals surface area contributed by atoms with E-state index in [0.717, 1.165) is 0 Å². The molecule has 0 saturated carbocycles. The zero-order valence-electron chi connectivity index (χ0n) is 31.3. The Bertz CT molecular complexity index is 1760. The number of rotatable bonds is 12. The second-order valence-electron chi connectivity index (χ2n) is 16.6. The van der Waals surface area contributed by atoms with Crippen LogP contribution in [0, 0.1) is 11.6 Å². The van der Waals surface area contributed by atoms with Gasteiger partial charge in [-0.15, -0.1) is 5.10 Å². The summed E-state index contributed by atoms with van der Waals surface area (Å²) in [7, 11) is -4.29. The number of hydrogen-bond acceptors (Lipinski definition) is 8. The lowest BCUT2D eigenvalue weighted by molar-refractivity contribution is -0.0813. The Labute approximate surface area is 300 Å². The Kier molecular flexibility index (Phi) is 10.7. The van der Waals surface area contributed by atoms with Crippen LogP contribution in [-0.4, -0.2) is 74.9 Å². The quantitative estimate of drug-likeness (QED) is 0.171. The van der Waals surface area contributed by atoms with Crippen molar-refractivity contribution in [3.05, 3.63) is 65.5 Å². The van der Waals surface area contributed by atoms with Crippen LogP contribution >= 0.6 is 0 Å². The number of hydrogen-bond donors (Lipinski definition) is 0. The van der Waals surface area contributed by atoms with E-state index in [-0.39, 0.29) is 58.9 Å². The minimum atomic E-state index is -2.15. The van der Waals surface area contributed by atoms with Crippen LogP contribution in [0.2, 0.25) is 36.3 Å². The number of ether oxygens (including phenoxy) is 1. The van der Waals surface area contributed by atoms with Crippen molar-refractivity contribution in [3.63, 3.8) is 0 Å². The smallest absolute Gasteiger partial charge is 0.414 e. The zero-order valence-corrected chi connectivity index (χ0v) is 33.3. The standard InChI is InChI=1S/C36H50F3N5O5Si2/c1-34(2,3)50(7,8)46-22-36(23-47-51(9,10)35(4,5)6)17-32(41-49-36)24-11-13-28(30(38)15-24)29-14-12-26(16-31(29)39)44-21-27(48-33(44)45)20-43-19-25(18-37)40-42-43/h11-16,19,27H,17-18,20-23H2,1-10H3/t27-/m0/s1. The third kappa shape index (κ3) is 8.42. The van der Waals surface area contributed by atoms with Crippen molar-refractivity contribution in [1.82, 2.24) is 15.0 Å². The number of benzene rings is 2. The lowest BCUT2D eigenvalue weighted by Gasteiger charge is -2.41. The first-order valence-electron chi connectivity index (χ1n) is 17.2. The summed E-state index contributed by atoms with van der Waals surface area (Å²) >= 11 is 0. The van der Waals surface area contributed by atoms with E-state index in [1.807, 2.05) is 0 Å². The minimum absolute atomic E-state index is 0.00952. The lowest BCUT2D eigenvalue weighted by Crippen LogP contribution is -2.51. The van der Waals surface area contributed by atoms with Crippen molar-refractivity contribution >= 4 is 34.1 Å². The first-order valence-corrected chi connectivity index (χ1v) is 23.0. The summed E-state index contributed by atoms with van der Waals surface area (Å²) in [5.74, 6) is -1.33. The van der Waals surface area contributed by atoms with Crippen molar-refractivity contribution in [2.45, 2.75) is 109 Å². The number of alkyl halides is 1. The highest BCUT2D eigenvalue weighted by atomic mass is 28.4. The molecule has 0 radical (unpaired) electrons. The molecule has 51 heavy (non-hydrogen) atoms. The summed E-state index contributed by atoms with van der Waals surface area (Å²) in [4.78, 5) is 20.1. The number of aromatic nitrogens is 3. The number of nitrogens with zero attached hydrogens (tertiary/aromatic N) is 5. The average Bonchev–Trinajstić information content (AvgIpc) is 3.77. The first kappa shape index (κ1) is 38.7. The van der Waals surface area contributed by atoms with Gasteiger partial charge < -0.3 is 18.4 Å². The molecule has 1 saturated heterocycles. The van der Waals surface area contributed by atoms with Crippen molar-refractivity contribution in [2.75, 3.05) is 24.7 Å². The van der Waals surface area contributed by atoms with E-state index in [0.29, 0.717) is 17.7 Å². The van der Waals surface area contributed by atoms with Gasteiger partial charge in [-0.3, -0.25) is 4.90 Å². The topological polar surface area (TPSA) is 100 Å². The second-order valence-corrected chi connectivity index (χ2v) is 26.2. The number of carbonyl (C=O) groups is 1. The molecule has 0 bridgehead atoms. The van der Waals surface area contributed by atoms with Gasteiger partial charge in [-0.05, 0) is 60.5 Å². The molecule has 15 heteroatoms. The molecule has 2 aliphatic rings. The van der Waals surface area contributed by atoms with Gasteiger partial charge in [0.2, 0.25) is 0 Å². The Hall–Kier alpha value is -3.54. The van der Waals surface area contributed by atoms with Gasteiger partial charge in [0.25, 0.3) is 0 Å². The molecule has 1 aromatic heterocycles. The molecule has 1 atom stereocenters. The van der Waals surface area contributed by atoms with E-state index in [9.17, 15) is 9.18 Å². The van der Waals surface area contributed by atoms with Gasteiger partial charge in [0, 0.05) is 23.1 Å². The average molecular weight is 746 g/mol. The largest absolute Gasteiger partial charge is 0.442 e. The Morgan fingerprint density at radius 3 is 2.04 bits per heavy atom. The van der Waals surface area contributed by atoms with Crippen LogP contribution in [0.25, 0.3) is 11.1 Å². The molecular formula is C36H50F3N5O5Si2. The minimum Gasteiger partial charge on any atom is -0.442 e. The number of carbonyl (C=O) groups excluding carboxylic acids is 1. The maximum atomic E-state index is 15.8. The van der Waals surface area contributed by atoms with Crippen molar-refractivity contribution in [3.8, 4) is 11.1 Å². The molecule has 0 unspecified atom stereocenters. The third-order valence-electron chi connectivity index (χ3n) is 10.7. The van der Waals surface area contributed by atoms with Crippen LogP contribution in [0.1, 0.15) is 59.2 Å². The van der Waals surface area contributed by atoms with Gasteiger partial charge in [-0.2, -0.15) is 0 Å². The fourth-order valence-electron chi connectivity index (χ4n) is 5.26. The van der Waals surface area contributed by atoms with E-state index >= 15 is 8.78 Å². The monoisotopic (exact) mass is 745 g/mol. The maximum Gasteiger partial charge on any atom is 0.414 e. The molecule has 0 aliphatic carbocycles. The third-order valence-corrected chi connectivity index (χ3v) is 19.6. The summed E-state index contributed by atoms with van der Waals surface area (Å²) < 4.78 is 64.2. The Balaban J connectivity index is 1.31. The van der Waals surface area contributed by atoms with Gasteiger partial charge in [0.15, 0.2) is 22.2 Å². The molecule has 3 heterocycles. The van der Waals surface area contributed by atoms with E-state index in [2.05, 4.69) is 83.2 Å². The summed E-state index contributed by atoms with van der Waals surface area (Å²) in [6, 6.07) is 8.72. The summed E-state index contributed by atoms with van der Waals surface area (Å²) in [6.07, 6.45) is 0.535. The molecule has 1 amide bonds. The van der Waals surface area contributed by atoms with Gasteiger partial charge >= 0.3 is 6.09 Å². The lowest BCUT2D eigenvalue weighted by atomic mass is 9.94. The van der Waals surface area contributed by atoms with E-state index < -0.39 is 52.7 Å². The molecular weight excluding hydrogens is 696 g/mol. The highest BCUT2D eigenvalue weighted by molar-refractivity contribution is 6.74. The van der Waals surface area contributed by atoms with E-state index in [1.165, 1.54) is 40.0 Å². The number of oxime groups is 1. The van der Waals surface area contributed by atoms with Crippen LogP contribution in [0.3, 0.4) is 0 Å².